The van der Waals surface area contributed by atoms with E-state index in [0.717, 1.165) is 0 Å². The molecule has 1 unspecified atom stereocenters. The molecule has 3 nitrogen and oxygen atoms in total. The topological polar surface area (TPSA) is 52.3 Å². The first-order chi connectivity index (χ1) is 5.18. The Morgan fingerprint density at radius 3 is 2.36 bits per heavy atom. The van der Waals surface area contributed by atoms with Crippen molar-refractivity contribution in [2.24, 2.45) is 0 Å². The zero-order chi connectivity index (χ0) is 8.27. The number of nitrogens with two attached hydrogens (primary N) is 1. The summed E-state index contributed by atoms with van der Waals surface area (Å²) in [6.45, 7) is 0. The Balaban J connectivity index is 2.82. The third kappa shape index (κ3) is 2.73. The van der Waals surface area contributed by atoms with Gasteiger partial charge < -0.3 is 9.92 Å². The fourth-order valence-electron chi connectivity index (χ4n) is 0.615. The third-order valence-electron chi connectivity index (χ3n) is 1.06. The number of hydrogen-bond donors (Lipinski definition) is 2. The zero-order valence-electron chi connectivity index (χ0n) is 5.56. The van der Waals surface area contributed by atoms with E-state index in [1.165, 1.54) is 0 Å². The summed E-state index contributed by atoms with van der Waals surface area (Å²) >= 11 is 4.35. The summed E-state index contributed by atoms with van der Waals surface area (Å²) in [5.74, 6) is 0.482. The van der Waals surface area contributed by atoms with Gasteiger partial charge >= 0.3 is 0 Å². The molecule has 0 saturated carbocycles. The maximum absolute atomic E-state index is 10.4. The predicted molar refractivity (Wildman–Crippen MR) is 48.4 cm³/mol. The van der Waals surface area contributed by atoms with Gasteiger partial charge in [-0.25, -0.2) is 4.21 Å². The molecule has 1 atom stereocenters. The highest BCUT2D eigenvalue weighted by Crippen LogP contribution is 2.12. The first-order valence-corrected chi connectivity index (χ1v) is 5.05. The van der Waals surface area contributed by atoms with Gasteiger partial charge in [-0.1, -0.05) is 0 Å². The lowest BCUT2D eigenvalue weighted by molar-refractivity contribution is 0.580. The summed E-state index contributed by atoms with van der Waals surface area (Å²) in [4.78, 5) is 0. The van der Waals surface area contributed by atoms with Crippen molar-refractivity contribution >= 4 is 26.5 Å². The summed E-state index contributed by atoms with van der Waals surface area (Å²) in [5, 5.41) is 0. The minimum atomic E-state index is -1.99. The lowest BCUT2D eigenvalue weighted by Gasteiger charge is -1.97. The van der Waals surface area contributed by atoms with Gasteiger partial charge in [-0.3, -0.25) is 0 Å². The Hall–Kier alpha value is -0.810. The molecule has 0 aliphatic carbocycles. The van der Waals surface area contributed by atoms with Crippen molar-refractivity contribution in [3.05, 3.63) is 24.3 Å². The zero-order valence-corrected chi connectivity index (χ0v) is 7.27. The fourth-order valence-corrected chi connectivity index (χ4v) is 1.17. The highest BCUT2D eigenvalue weighted by Gasteiger charge is 1.90. The molecule has 60 valence electrons. The molecule has 0 radical (unpaired) electrons. The molecule has 0 aliphatic heterocycles. The molecule has 11 heavy (non-hydrogen) atoms. The van der Waals surface area contributed by atoms with E-state index in [1.54, 1.807) is 24.3 Å². The van der Waals surface area contributed by atoms with Crippen LogP contribution in [0.5, 0.6) is 5.75 Å². The van der Waals surface area contributed by atoms with Crippen LogP contribution in [0.15, 0.2) is 24.3 Å². The molecule has 0 aromatic heterocycles. The second kappa shape index (κ2) is 3.54. The number of thiol groups is 1. The van der Waals surface area contributed by atoms with Crippen LogP contribution < -0.4 is 9.92 Å². The monoisotopic (exact) mass is 189 g/mol. The normalized spacial score (nSPS) is 12.4. The molecule has 0 bridgehead atoms. The van der Waals surface area contributed by atoms with Crippen molar-refractivity contribution in [2.45, 2.75) is 0 Å². The van der Waals surface area contributed by atoms with E-state index < -0.39 is 9.64 Å². The fraction of sp³-hybridized carbons (Fsp3) is 0. The van der Waals surface area contributed by atoms with Crippen LogP contribution in [0, 0.1) is 0 Å². The van der Waals surface area contributed by atoms with Crippen molar-refractivity contribution < 1.29 is 8.39 Å². The van der Waals surface area contributed by atoms with Crippen LogP contribution in [0.3, 0.4) is 0 Å². The molecule has 0 fully saturated rings. The smallest absolute Gasteiger partial charge is 0.174 e. The molecular weight excluding hydrogens is 182 g/mol. The first kappa shape index (κ1) is 8.29. The Kier molecular flexibility index (Phi) is 2.67. The summed E-state index contributed by atoms with van der Waals surface area (Å²) in [7, 11) is -1.99. The Labute approximate surface area is 71.1 Å². The second-order valence-corrected chi connectivity index (χ2v) is 3.41. The van der Waals surface area contributed by atoms with Gasteiger partial charge in [0.2, 0.25) is 0 Å². The SMILES string of the molecule is Nc1ccc(O[SH](=O)=S)cc1. The van der Waals surface area contributed by atoms with Gasteiger partial charge in [0.25, 0.3) is 0 Å². The third-order valence-corrected chi connectivity index (χ3v) is 1.64. The summed E-state index contributed by atoms with van der Waals surface area (Å²) < 4.78 is 15.1. The number of rotatable bonds is 2. The van der Waals surface area contributed by atoms with Crippen LogP contribution >= 0.6 is 0 Å². The maximum atomic E-state index is 10.4. The standard InChI is InChI=1S/C6H7NO2S2/c7-5-1-3-6(4-2-5)9-11(8)10/h1-4,11H,7H2. The van der Waals surface area contributed by atoms with Gasteiger partial charge in [-0.2, -0.15) is 0 Å². The summed E-state index contributed by atoms with van der Waals surface area (Å²) in [6.07, 6.45) is 0. The minimum absolute atomic E-state index is 0.482. The van der Waals surface area contributed by atoms with E-state index in [2.05, 4.69) is 11.2 Å². The van der Waals surface area contributed by atoms with E-state index in [0.29, 0.717) is 11.4 Å². The summed E-state index contributed by atoms with van der Waals surface area (Å²) in [6, 6.07) is 6.55. The van der Waals surface area contributed by atoms with Gasteiger partial charge in [0.15, 0.2) is 9.64 Å². The number of nitrogen functional groups attached to an aromatic ring is 1. The van der Waals surface area contributed by atoms with Crippen molar-refractivity contribution in [3.63, 3.8) is 0 Å². The molecular formula is C6H7NO2S2. The second-order valence-electron chi connectivity index (χ2n) is 1.88. The average molecular weight is 189 g/mol. The largest absolute Gasteiger partial charge is 0.403 e. The minimum Gasteiger partial charge on any atom is -0.403 e. The quantitative estimate of drug-likeness (QED) is 0.525. The van der Waals surface area contributed by atoms with Crippen LogP contribution in [-0.2, 0) is 20.8 Å². The molecule has 0 amide bonds. The molecule has 0 spiro atoms. The van der Waals surface area contributed by atoms with Gasteiger partial charge in [-0.05, 0) is 24.3 Å². The van der Waals surface area contributed by atoms with Crippen LogP contribution in [-0.4, -0.2) is 4.21 Å². The predicted octanol–water partition coefficient (Wildman–Crippen LogP) is 0.506. The van der Waals surface area contributed by atoms with Crippen LogP contribution in [0.2, 0.25) is 0 Å². The van der Waals surface area contributed by atoms with Gasteiger partial charge in [0.1, 0.15) is 5.75 Å². The molecule has 1 rings (SSSR count). The molecule has 0 aliphatic rings. The van der Waals surface area contributed by atoms with Crippen molar-refractivity contribution in [2.75, 3.05) is 5.73 Å². The number of anilines is 1. The van der Waals surface area contributed by atoms with E-state index in [4.69, 9.17) is 9.92 Å². The molecule has 1 aromatic rings. The van der Waals surface area contributed by atoms with Gasteiger partial charge in [-0.15, -0.1) is 0 Å². The highest BCUT2D eigenvalue weighted by atomic mass is 32.8. The lowest BCUT2D eigenvalue weighted by Crippen LogP contribution is -1.89. The molecule has 5 heteroatoms. The van der Waals surface area contributed by atoms with E-state index in [9.17, 15) is 4.21 Å². The highest BCUT2D eigenvalue weighted by molar-refractivity contribution is 8.19. The van der Waals surface area contributed by atoms with Crippen LogP contribution in [0.25, 0.3) is 0 Å². The van der Waals surface area contributed by atoms with Gasteiger partial charge in [0, 0.05) is 16.9 Å². The van der Waals surface area contributed by atoms with Crippen molar-refractivity contribution in [1.29, 1.82) is 0 Å². The Bertz CT molecular complexity index is 297. The molecule has 2 N–H and O–H groups in total. The van der Waals surface area contributed by atoms with E-state index in [1.807, 2.05) is 0 Å². The Morgan fingerprint density at radius 1 is 1.36 bits per heavy atom. The summed E-state index contributed by atoms with van der Waals surface area (Å²) in [5.41, 5.74) is 6.04. The first-order valence-electron chi connectivity index (χ1n) is 2.86. The lowest BCUT2D eigenvalue weighted by atomic mass is 10.3. The Morgan fingerprint density at radius 2 is 1.91 bits per heavy atom. The average Bonchev–Trinajstić information content (AvgIpc) is 1.93. The van der Waals surface area contributed by atoms with Crippen LogP contribution in [0.1, 0.15) is 0 Å². The molecule has 0 saturated heterocycles. The number of hydrogen-bond acceptors (Lipinski definition) is 4. The molecule has 0 heterocycles. The van der Waals surface area contributed by atoms with E-state index >= 15 is 0 Å². The van der Waals surface area contributed by atoms with Crippen molar-refractivity contribution in [3.8, 4) is 5.75 Å². The molecule has 1 aromatic carbocycles. The van der Waals surface area contributed by atoms with Crippen molar-refractivity contribution in [1.82, 2.24) is 0 Å². The number of benzene rings is 1. The van der Waals surface area contributed by atoms with E-state index in [-0.39, 0.29) is 0 Å². The van der Waals surface area contributed by atoms with Crippen LogP contribution in [0.4, 0.5) is 5.69 Å². The maximum Gasteiger partial charge on any atom is 0.174 e. The van der Waals surface area contributed by atoms with Gasteiger partial charge in [0.05, 0.1) is 0 Å².